The molecule has 2 aromatic heterocycles. The zero-order chi connectivity index (χ0) is 13.0. The van der Waals surface area contributed by atoms with Gasteiger partial charge < -0.3 is 10.3 Å². The summed E-state index contributed by atoms with van der Waals surface area (Å²) < 4.78 is 3.41. The number of aromatic nitrogens is 2. The highest BCUT2D eigenvalue weighted by Gasteiger charge is 2.29. The molecular weight excluding hydrogens is 322 g/mol. The van der Waals surface area contributed by atoms with Crippen LogP contribution in [0.2, 0.25) is 0 Å². The van der Waals surface area contributed by atoms with Crippen LogP contribution in [0.3, 0.4) is 0 Å². The van der Waals surface area contributed by atoms with Gasteiger partial charge in [0.2, 0.25) is 0 Å². The number of nitrogens with zero attached hydrogens (tertiary/aromatic N) is 2. The van der Waals surface area contributed by atoms with E-state index in [1.54, 1.807) is 11.3 Å². The lowest BCUT2D eigenvalue weighted by Crippen LogP contribution is -1.97. The van der Waals surface area contributed by atoms with Crippen LogP contribution >= 0.6 is 27.3 Å². The fourth-order valence-corrected chi connectivity index (χ4v) is 3.59. The normalized spacial score (nSPS) is 15.2. The Labute approximate surface area is 123 Å². The van der Waals surface area contributed by atoms with Crippen LogP contribution in [0.15, 0.2) is 34.1 Å². The van der Waals surface area contributed by atoms with Crippen LogP contribution in [0.1, 0.15) is 18.9 Å². The summed E-state index contributed by atoms with van der Waals surface area (Å²) in [6.07, 6.45) is 2.47. The highest BCUT2D eigenvalue weighted by molar-refractivity contribution is 9.10. The predicted molar refractivity (Wildman–Crippen MR) is 83.4 cm³/mol. The molecule has 2 heterocycles. The number of nitrogen functional groups attached to an aromatic ring is 1. The summed E-state index contributed by atoms with van der Waals surface area (Å²) in [6, 6.07) is 8.82. The van der Waals surface area contributed by atoms with E-state index in [-0.39, 0.29) is 0 Å². The van der Waals surface area contributed by atoms with E-state index < -0.39 is 0 Å². The van der Waals surface area contributed by atoms with Gasteiger partial charge in [-0.05, 0) is 42.5 Å². The lowest BCUT2D eigenvalue weighted by molar-refractivity contribution is 0.777. The monoisotopic (exact) mass is 333 g/mol. The van der Waals surface area contributed by atoms with E-state index in [0.29, 0.717) is 6.04 Å². The molecule has 19 heavy (non-hydrogen) atoms. The minimum atomic E-state index is 0.586. The first kappa shape index (κ1) is 11.5. The third-order valence-corrected chi connectivity index (χ3v) is 4.88. The summed E-state index contributed by atoms with van der Waals surface area (Å²) in [5.74, 6) is 1.02. The van der Waals surface area contributed by atoms with Crippen LogP contribution in [0, 0.1) is 0 Å². The number of halogens is 1. The Morgan fingerprint density at radius 1 is 1.32 bits per heavy atom. The van der Waals surface area contributed by atoms with Crippen LogP contribution in [0.5, 0.6) is 0 Å². The number of hydrogen-bond donors (Lipinski definition) is 1. The maximum atomic E-state index is 6.06. The molecule has 0 atom stereocenters. The third kappa shape index (κ3) is 1.80. The first-order valence-corrected chi connectivity index (χ1v) is 7.92. The molecule has 4 rings (SSSR count). The molecular formula is C14H12BrN3S. The first-order chi connectivity index (χ1) is 9.24. The van der Waals surface area contributed by atoms with Crippen molar-refractivity contribution in [3.8, 4) is 10.7 Å². The molecule has 1 saturated carbocycles. The number of nitrogens with two attached hydrogens (primary N) is 1. The Balaban J connectivity index is 2.04. The van der Waals surface area contributed by atoms with Crippen molar-refractivity contribution in [1.82, 2.24) is 9.55 Å². The minimum absolute atomic E-state index is 0.586. The largest absolute Gasteiger partial charge is 0.397 e. The number of benzene rings is 1. The van der Waals surface area contributed by atoms with E-state index in [9.17, 15) is 0 Å². The molecule has 3 aromatic rings. The molecule has 96 valence electrons. The van der Waals surface area contributed by atoms with Crippen molar-refractivity contribution in [1.29, 1.82) is 0 Å². The number of rotatable bonds is 2. The quantitative estimate of drug-likeness (QED) is 0.753. The molecule has 0 saturated heterocycles. The lowest BCUT2D eigenvalue weighted by atomic mass is 10.3. The summed E-state index contributed by atoms with van der Waals surface area (Å²) in [6.45, 7) is 0. The van der Waals surface area contributed by atoms with Crippen LogP contribution in [-0.2, 0) is 0 Å². The van der Waals surface area contributed by atoms with Gasteiger partial charge in [-0.25, -0.2) is 4.98 Å². The van der Waals surface area contributed by atoms with Crippen molar-refractivity contribution in [2.75, 3.05) is 5.73 Å². The molecule has 0 amide bonds. The molecule has 3 nitrogen and oxygen atoms in total. The maximum Gasteiger partial charge on any atom is 0.153 e. The maximum absolute atomic E-state index is 6.06. The van der Waals surface area contributed by atoms with Crippen LogP contribution < -0.4 is 5.73 Å². The molecule has 0 spiro atoms. The highest BCUT2D eigenvalue weighted by Crippen LogP contribution is 2.43. The summed E-state index contributed by atoms with van der Waals surface area (Å²) >= 11 is 5.17. The summed E-state index contributed by atoms with van der Waals surface area (Å²) in [4.78, 5) is 5.88. The van der Waals surface area contributed by atoms with E-state index in [0.717, 1.165) is 26.4 Å². The van der Waals surface area contributed by atoms with Crippen molar-refractivity contribution in [3.63, 3.8) is 0 Å². The average Bonchev–Trinajstić information content (AvgIpc) is 3.03. The first-order valence-electron chi connectivity index (χ1n) is 6.25. The van der Waals surface area contributed by atoms with Crippen LogP contribution in [0.25, 0.3) is 21.7 Å². The fourth-order valence-electron chi connectivity index (χ4n) is 2.44. The van der Waals surface area contributed by atoms with Crippen molar-refractivity contribution in [2.45, 2.75) is 18.9 Å². The molecule has 2 N–H and O–H groups in total. The third-order valence-electron chi connectivity index (χ3n) is 3.46. The summed E-state index contributed by atoms with van der Waals surface area (Å²) in [5.41, 5.74) is 9.12. The van der Waals surface area contributed by atoms with Crippen molar-refractivity contribution >= 4 is 44.0 Å². The van der Waals surface area contributed by atoms with E-state index in [4.69, 9.17) is 10.7 Å². The molecule has 0 radical (unpaired) electrons. The molecule has 1 aromatic carbocycles. The van der Waals surface area contributed by atoms with E-state index in [2.05, 4.69) is 38.7 Å². The Kier molecular flexibility index (Phi) is 2.47. The van der Waals surface area contributed by atoms with Gasteiger partial charge in [0.05, 0.1) is 21.6 Å². The number of anilines is 1. The van der Waals surface area contributed by atoms with Gasteiger partial charge in [0, 0.05) is 10.5 Å². The Hall–Kier alpha value is -1.33. The zero-order valence-electron chi connectivity index (χ0n) is 10.1. The van der Waals surface area contributed by atoms with Gasteiger partial charge in [-0.15, -0.1) is 11.3 Å². The fraction of sp³-hybridized carbons (Fsp3) is 0.214. The van der Waals surface area contributed by atoms with Crippen molar-refractivity contribution < 1.29 is 0 Å². The molecule has 5 heteroatoms. The topological polar surface area (TPSA) is 43.8 Å². The molecule has 1 aliphatic carbocycles. The number of imidazole rings is 1. The van der Waals surface area contributed by atoms with Gasteiger partial charge >= 0.3 is 0 Å². The average molecular weight is 334 g/mol. The Morgan fingerprint density at radius 3 is 2.84 bits per heavy atom. The van der Waals surface area contributed by atoms with Gasteiger partial charge in [0.25, 0.3) is 0 Å². The van der Waals surface area contributed by atoms with E-state index in [1.807, 2.05) is 11.4 Å². The van der Waals surface area contributed by atoms with Crippen LogP contribution in [0.4, 0.5) is 5.69 Å². The van der Waals surface area contributed by atoms with Gasteiger partial charge in [0.15, 0.2) is 5.82 Å². The van der Waals surface area contributed by atoms with Gasteiger partial charge in [-0.2, -0.15) is 0 Å². The SMILES string of the molecule is Nc1ccsc1-c1nc2cc(Br)ccc2n1C1CC1. The minimum Gasteiger partial charge on any atom is -0.397 e. The zero-order valence-corrected chi connectivity index (χ0v) is 12.5. The lowest BCUT2D eigenvalue weighted by Gasteiger charge is -2.06. The number of hydrogen-bond acceptors (Lipinski definition) is 3. The second-order valence-electron chi connectivity index (χ2n) is 4.87. The highest BCUT2D eigenvalue weighted by atomic mass is 79.9. The smallest absolute Gasteiger partial charge is 0.153 e. The number of thiophene rings is 1. The van der Waals surface area contributed by atoms with Crippen molar-refractivity contribution in [2.24, 2.45) is 0 Å². The van der Waals surface area contributed by atoms with Crippen molar-refractivity contribution in [3.05, 3.63) is 34.1 Å². The molecule has 1 aliphatic rings. The molecule has 0 aliphatic heterocycles. The van der Waals surface area contributed by atoms with E-state index >= 15 is 0 Å². The Bertz CT molecular complexity index is 770. The molecule has 1 fully saturated rings. The Morgan fingerprint density at radius 2 is 2.16 bits per heavy atom. The standard InChI is InChI=1S/C14H12BrN3S/c15-8-1-4-12-11(7-8)17-14(18(12)9-2-3-9)13-10(16)5-6-19-13/h1,4-7,9H,2-3,16H2. The summed E-state index contributed by atoms with van der Waals surface area (Å²) in [5, 5.41) is 2.02. The van der Waals surface area contributed by atoms with E-state index in [1.165, 1.54) is 18.4 Å². The van der Waals surface area contributed by atoms with Gasteiger partial charge in [-0.3, -0.25) is 0 Å². The summed E-state index contributed by atoms with van der Waals surface area (Å²) in [7, 11) is 0. The second kappa shape index (κ2) is 4.08. The van der Waals surface area contributed by atoms with Crippen LogP contribution in [-0.4, -0.2) is 9.55 Å². The van der Waals surface area contributed by atoms with Gasteiger partial charge in [0.1, 0.15) is 0 Å². The van der Waals surface area contributed by atoms with Gasteiger partial charge in [-0.1, -0.05) is 15.9 Å². The number of fused-ring (bicyclic) bond motifs is 1. The second-order valence-corrected chi connectivity index (χ2v) is 6.71. The predicted octanol–water partition coefficient (Wildman–Crippen LogP) is 4.44. The molecule has 0 unspecified atom stereocenters. The molecule has 0 bridgehead atoms.